The number of hydrogen-bond acceptors (Lipinski definition) is 9. The molecule has 2 aliphatic heterocycles. The minimum atomic E-state index is -0.937. The van der Waals surface area contributed by atoms with E-state index in [9.17, 15) is 19.8 Å². The van der Waals surface area contributed by atoms with Crippen molar-refractivity contribution in [1.29, 1.82) is 0 Å². The van der Waals surface area contributed by atoms with E-state index < -0.39 is 23.5 Å². The van der Waals surface area contributed by atoms with Crippen molar-refractivity contribution in [3.05, 3.63) is 52.6 Å². The minimum Gasteiger partial charge on any atom is -0.507 e. The van der Waals surface area contributed by atoms with Crippen molar-refractivity contribution in [3.8, 4) is 23.0 Å². The van der Waals surface area contributed by atoms with Crippen molar-refractivity contribution in [1.82, 2.24) is 9.80 Å². The number of morpholine rings is 1. The van der Waals surface area contributed by atoms with Crippen LogP contribution >= 0.6 is 0 Å². The highest BCUT2D eigenvalue weighted by molar-refractivity contribution is 6.46. The van der Waals surface area contributed by atoms with Gasteiger partial charge in [-0.15, -0.1) is 0 Å². The molecule has 0 saturated carbocycles. The molecule has 2 saturated heterocycles. The lowest BCUT2D eigenvalue weighted by molar-refractivity contribution is -0.140. The van der Waals surface area contributed by atoms with Crippen LogP contribution in [0, 0.1) is 6.92 Å². The Balaban J connectivity index is 1.81. The van der Waals surface area contributed by atoms with Gasteiger partial charge in [0.05, 0.1) is 51.7 Å². The number of ketones is 1. The molecule has 1 atom stereocenters. The van der Waals surface area contributed by atoms with E-state index in [1.807, 2.05) is 0 Å². The molecule has 4 rings (SSSR count). The van der Waals surface area contributed by atoms with Gasteiger partial charge in [0.15, 0.2) is 11.5 Å². The maximum Gasteiger partial charge on any atom is 0.295 e. The average molecular weight is 527 g/mol. The third-order valence-corrected chi connectivity index (χ3v) is 6.93. The third kappa shape index (κ3) is 5.27. The van der Waals surface area contributed by atoms with Crippen LogP contribution in [0.3, 0.4) is 0 Å². The van der Waals surface area contributed by atoms with Crippen molar-refractivity contribution in [3.63, 3.8) is 0 Å². The second-order valence-electron chi connectivity index (χ2n) is 9.28. The fourth-order valence-electron chi connectivity index (χ4n) is 4.99. The van der Waals surface area contributed by atoms with Crippen molar-refractivity contribution < 1.29 is 38.7 Å². The normalized spacial score (nSPS) is 19.6. The Bertz CT molecular complexity index is 1210. The number of methoxy groups -OCH3 is 3. The summed E-state index contributed by atoms with van der Waals surface area (Å²) in [5.74, 6) is -1.14. The molecule has 0 radical (unpaired) electrons. The Morgan fingerprint density at radius 2 is 1.66 bits per heavy atom. The molecule has 1 amide bonds. The Morgan fingerprint density at radius 3 is 2.26 bits per heavy atom. The summed E-state index contributed by atoms with van der Waals surface area (Å²) in [6.45, 7) is 5.75. The summed E-state index contributed by atoms with van der Waals surface area (Å²) in [5.41, 5.74) is 1.23. The van der Waals surface area contributed by atoms with Crippen LogP contribution in [0.25, 0.3) is 5.76 Å². The lowest BCUT2D eigenvalue weighted by Gasteiger charge is -2.29. The molecule has 0 bridgehead atoms. The zero-order valence-corrected chi connectivity index (χ0v) is 22.2. The van der Waals surface area contributed by atoms with Gasteiger partial charge in [-0.1, -0.05) is 11.6 Å². The number of amides is 1. The summed E-state index contributed by atoms with van der Waals surface area (Å²) in [4.78, 5) is 30.5. The molecule has 2 aromatic rings. The van der Waals surface area contributed by atoms with Gasteiger partial charge in [-0.3, -0.25) is 14.5 Å². The average Bonchev–Trinajstić information content (AvgIpc) is 3.18. The Morgan fingerprint density at radius 1 is 1.00 bits per heavy atom. The summed E-state index contributed by atoms with van der Waals surface area (Å²) in [6.07, 6.45) is 0.615. The lowest BCUT2D eigenvalue weighted by atomic mass is 9.94. The Hall–Kier alpha value is -3.76. The van der Waals surface area contributed by atoms with Crippen LogP contribution in [0.1, 0.15) is 29.2 Å². The maximum absolute atomic E-state index is 13.4. The molecule has 10 heteroatoms. The van der Waals surface area contributed by atoms with Crippen molar-refractivity contribution in [2.24, 2.45) is 0 Å². The molecule has 2 fully saturated rings. The van der Waals surface area contributed by atoms with Gasteiger partial charge in [0, 0.05) is 26.2 Å². The van der Waals surface area contributed by atoms with Gasteiger partial charge in [-0.25, -0.2) is 0 Å². The summed E-state index contributed by atoms with van der Waals surface area (Å²) < 4.78 is 21.9. The van der Waals surface area contributed by atoms with E-state index >= 15 is 0 Å². The van der Waals surface area contributed by atoms with E-state index in [0.717, 1.165) is 25.2 Å². The molecule has 0 spiro atoms. The number of aliphatic hydroxyl groups is 1. The van der Waals surface area contributed by atoms with E-state index in [4.69, 9.17) is 18.9 Å². The SMILES string of the molecule is COc1cc(C2C(=C(O)c3cc(C)ccc3O)C(=O)C(=O)N2CCCN2CCOCC2)cc(OC)c1OC. The molecule has 10 nitrogen and oxygen atoms in total. The Labute approximate surface area is 222 Å². The highest BCUT2D eigenvalue weighted by atomic mass is 16.5. The van der Waals surface area contributed by atoms with Gasteiger partial charge in [0.25, 0.3) is 11.7 Å². The highest BCUT2D eigenvalue weighted by Crippen LogP contribution is 2.46. The van der Waals surface area contributed by atoms with Gasteiger partial charge in [0.2, 0.25) is 5.75 Å². The smallest absolute Gasteiger partial charge is 0.295 e. The molecule has 1 unspecified atom stereocenters. The minimum absolute atomic E-state index is 0.0776. The van der Waals surface area contributed by atoms with Crippen LogP contribution in [0.2, 0.25) is 0 Å². The number of hydrogen-bond donors (Lipinski definition) is 2. The lowest BCUT2D eigenvalue weighted by Crippen LogP contribution is -2.39. The van der Waals surface area contributed by atoms with Gasteiger partial charge in [-0.2, -0.15) is 0 Å². The zero-order valence-electron chi connectivity index (χ0n) is 22.2. The number of carbonyl (C=O) groups is 2. The van der Waals surface area contributed by atoms with E-state index in [2.05, 4.69) is 4.90 Å². The number of likely N-dealkylation sites (tertiary alicyclic amines) is 1. The van der Waals surface area contributed by atoms with Crippen LogP contribution in [0.15, 0.2) is 35.9 Å². The van der Waals surface area contributed by atoms with Crippen molar-refractivity contribution in [2.75, 3.05) is 60.7 Å². The molecule has 2 heterocycles. The zero-order chi connectivity index (χ0) is 27.4. The first kappa shape index (κ1) is 27.3. The third-order valence-electron chi connectivity index (χ3n) is 6.93. The first-order valence-electron chi connectivity index (χ1n) is 12.5. The first-order chi connectivity index (χ1) is 18.3. The number of phenolic OH excluding ortho intramolecular Hbond substituents is 1. The monoisotopic (exact) mass is 526 g/mol. The van der Waals surface area contributed by atoms with E-state index in [1.165, 1.54) is 32.3 Å². The number of aryl methyl sites for hydroxylation is 1. The van der Waals surface area contributed by atoms with E-state index in [-0.39, 0.29) is 23.4 Å². The number of nitrogens with zero attached hydrogens (tertiary/aromatic N) is 2. The van der Waals surface area contributed by atoms with Crippen LogP contribution in [0.5, 0.6) is 23.0 Å². The number of aromatic hydroxyl groups is 1. The molecule has 0 aromatic heterocycles. The largest absolute Gasteiger partial charge is 0.507 e. The fraction of sp³-hybridized carbons (Fsp3) is 0.429. The molecule has 2 N–H and O–H groups in total. The number of benzene rings is 2. The van der Waals surface area contributed by atoms with Crippen LogP contribution in [-0.2, 0) is 14.3 Å². The summed E-state index contributed by atoms with van der Waals surface area (Å²) in [6, 6.07) is 7.09. The topological polar surface area (TPSA) is 118 Å². The van der Waals surface area contributed by atoms with Crippen LogP contribution in [-0.4, -0.2) is 92.4 Å². The second kappa shape index (κ2) is 11.7. The Kier molecular flexibility index (Phi) is 8.43. The molecule has 2 aliphatic rings. The molecule has 204 valence electrons. The fourth-order valence-corrected chi connectivity index (χ4v) is 4.99. The predicted octanol–water partition coefficient (Wildman–Crippen LogP) is 2.87. The van der Waals surface area contributed by atoms with Gasteiger partial charge in [-0.05, 0) is 43.2 Å². The van der Waals surface area contributed by atoms with Gasteiger partial charge in [0.1, 0.15) is 11.5 Å². The summed E-state index contributed by atoms with van der Waals surface area (Å²) in [7, 11) is 4.44. The molecule has 2 aromatic carbocycles. The molecular formula is C28H34N2O8. The second-order valence-corrected chi connectivity index (χ2v) is 9.28. The molecular weight excluding hydrogens is 492 g/mol. The van der Waals surface area contributed by atoms with Crippen molar-refractivity contribution in [2.45, 2.75) is 19.4 Å². The number of carbonyl (C=O) groups excluding carboxylic acids is 2. The number of ether oxygens (including phenoxy) is 4. The highest BCUT2D eigenvalue weighted by Gasteiger charge is 2.46. The summed E-state index contributed by atoms with van der Waals surface area (Å²) in [5, 5.41) is 21.8. The van der Waals surface area contributed by atoms with E-state index in [1.54, 1.807) is 31.2 Å². The number of aliphatic hydroxyl groups excluding tert-OH is 1. The van der Waals surface area contributed by atoms with Crippen LogP contribution in [0.4, 0.5) is 0 Å². The predicted molar refractivity (Wildman–Crippen MR) is 140 cm³/mol. The van der Waals surface area contributed by atoms with Crippen LogP contribution < -0.4 is 14.2 Å². The standard InChI is InChI=1S/C28H34N2O8/c1-17-6-7-20(31)19(14-17)25(32)23-24(18-15-21(35-2)27(37-4)22(16-18)36-3)30(28(34)26(23)33)9-5-8-29-10-12-38-13-11-29/h6-7,14-16,24,31-32H,5,8-13H2,1-4H3. The first-order valence-corrected chi connectivity index (χ1v) is 12.5. The van der Waals surface area contributed by atoms with E-state index in [0.29, 0.717) is 42.4 Å². The van der Waals surface area contributed by atoms with Gasteiger partial charge >= 0.3 is 0 Å². The number of rotatable bonds is 9. The number of Topliss-reactive ketones (excluding diaryl/α,β-unsaturated/α-hetero) is 1. The van der Waals surface area contributed by atoms with Crippen molar-refractivity contribution >= 4 is 17.4 Å². The summed E-state index contributed by atoms with van der Waals surface area (Å²) >= 11 is 0. The van der Waals surface area contributed by atoms with Gasteiger partial charge < -0.3 is 34.1 Å². The molecule has 38 heavy (non-hydrogen) atoms. The maximum atomic E-state index is 13.4. The quantitative estimate of drug-likeness (QED) is 0.289. The molecule has 0 aliphatic carbocycles. The number of phenols is 1.